The Morgan fingerprint density at radius 3 is 2.55 bits per heavy atom. The minimum absolute atomic E-state index is 0.0563. The van der Waals surface area contributed by atoms with Gasteiger partial charge in [-0.25, -0.2) is 5.43 Å². The summed E-state index contributed by atoms with van der Waals surface area (Å²) in [5.41, 5.74) is 2.97. The van der Waals surface area contributed by atoms with E-state index in [4.69, 9.17) is 4.74 Å². The first-order chi connectivity index (χ1) is 10.6. The molecular weight excluding hydrogens is 284 g/mol. The molecule has 6 nitrogen and oxygen atoms in total. The molecule has 0 bridgehead atoms. The number of nitrogens with zero attached hydrogens (tertiary/aromatic N) is 1. The van der Waals surface area contributed by atoms with Gasteiger partial charge in [-0.05, 0) is 24.3 Å². The maximum absolute atomic E-state index is 12.0. The number of ether oxygens (including phenoxy) is 1. The molecule has 0 fully saturated rings. The van der Waals surface area contributed by atoms with Gasteiger partial charge in [-0.1, -0.05) is 24.3 Å². The first-order valence-electron chi connectivity index (χ1n) is 6.47. The van der Waals surface area contributed by atoms with Crippen molar-refractivity contribution in [2.24, 2.45) is 5.10 Å². The molecule has 0 saturated carbocycles. The number of hydrazone groups is 1. The Hall–Kier alpha value is -3.15. The van der Waals surface area contributed by atoms with E-state index in [0.29, 0.717) is 5.56 Å². The topological polar surface area (TPSA) is 88.0 Å². The number of hydrogen-bond donors (Lipinski definition) is 2. The summed E-state index contributed by atoms with van der Waals surface area (Å²) >= 11 is 0. The minimum Gasteiger partial charge on any atom is -0.507 e. The molecule has 22 heavy (non-hydrogen) atoms. The van der Waals surface area contributed by atoms with E-state index in [0.717, 1.165) is 0 Å². The maximum atomic E-state index is 12.0. The van der Waals surface area contributed by atoms with Gasteiger partial charge in [0.2, 0.25) is 0 Å². The molecule has 1 amide bonds. The van der Waals surface area contributed by atoms with E-state index in [1.54, 1.807) is 30.3 Å². The fourth-order valence-corrected chi connectivity index (χ4v) is 1.72. The highest BCUT2D eigenvalue weighted by Gasteiger charge is 2.12. The van der Waals surface area contributed by atoms with Crippen molar-refractivity contribution in [2.75, 3.05) is 0 Å². The first kappa shape index (κ1) is 15.2. The number of rotatable bonds is 4. The predicted octanol–water partition coefficient (Wildman–Crippen LogP) is 2.08. The van der Waals surface area contributed by atoms with Crippen molar-refractivity contribution in [3.8, 4) is 11.5 Å². The van der Waals surface area contributed by atoms with E-state index in [1.165, 1.54) is 31.3 Å². The summed E-state index contributed by atoms with van der Waals surface area (Å²) in [6, 6.07) is 12.9. The number of carbonyl (C=O) groups excluding carboxylic acids is 2. The van der Waals surface area contributed by atoms with Crippen LogP contribution in [0.2, 0.25) is 0 Å². The SMILES string of the molecule is CC(=O)Oc1ccccc1C(=O)N/N=C/c1ccccc1O. The Kier molecular flexibility index (Phi) is 4.87. The van der Waals surface area contributed by atoms with E-state index in [9.17, 15) is 14.7 Å². The van der Waals surface area contributed by atoms with Crippen molar-refractivity contribution >= 4 is 18.1 Å². The maximum Gasteiger partial charge on any atom is 0.308 e. The van der Waals surface area contributed by atoms with E-state index in [2.05, 4.69) is 10.5 Å². The second kappa shape index (κ2) is 7.03. The monoisotopic (exact) mass is 298 g/mol. The summed E-state index contributed by atoms with van der Waals surface area (Å²) in [5.74, 6) is -0.826. The minimum atomic E-state index is -0.525. The second-order valence-electron chi connectivity index (χ2n) is 4.35. The molecule has 0 radical (unpaired) electrons. The van der Waals surface area contributed by atoms with Gasteiger partial charge in [0.25, 0.3) is 5.91 Å². The zero-order chi connectivity index (χ0) is 15.9. The van der Waals surface area contributed by atoms with Crippen LogP contribution in [0.1, 0.15) is 22.8 Å². The summed E-state index contributed by atoms with van der Waals surface area (Å²) in [4.78, 5) is 23.1. The van der Waals surface area contributed by atoms with Crippen molar-refractivity contribution < 1.29 is 19.4 Å². The van der Waals surface area contributed by atoms with Crippen LogP contribution in [0.15, 0.2) is 53.6 Å². The van der Waals surface area contributed by atoms with Gasteiger partial charge in [0.15, 0.2) is 0 Å². The third-order valence-corrected chi connectivity index (χ3v) is 2.69. The van der Waals surface area contributed by atoms with E-state index < -0.39 is 11.9 Å². The van der Waals surface area contributed by atoms with Crippen LogP contribution in [0.4, 0.5) is 0 Å². The number of phenolic OH excluding ortho intramolecular Hbond substituents is 1. The Balaban J connectivity index is 2.10. The van der Waals surface area contributed by atoms with Crippen molar-refractivity contribution in [1.29, 1.82) is 0 Å². The molecule has 6 heteroatoms. The molecule has 0 saturated heterocycles. The van der Waals surface area contributed by atoms with Crippen molar-refractivity contribution in [2.45, 2.75) is 6.92 Å². The zero-order valence-electron chi connectivity index (χ0n) is 11.8. The highest BCUT2D eigenvalue weighted by atomic mass is 16.5. The normalized spacial score (nSPS) is 10.4. The second-order valence-corrected chi connectivity index (χ2v) is 4.35. The highest BCUT2D eigenvalue weighted by molar-refractivity contribution is 5.98. The van der Waals surface area contributed by atoms with Crippen LogP contribution in [0.5, 0.6) is 11.5 Å². The molecule has 2 aromatic rings. The van der Waals surface area contributed by atoms with Crippen molar-refractivity contribution in [1.82, 2.24) is 5.43 Å². The Morgan fingerprint density at radius 2 is 1.82 bits per heavy atom. The fourth-order valence-electron chi connectivity index (χ4n) is 1.72. The number of nitrogens with one attached hydrogen (secondary N) is 1. The molecular formula is C16H14N2O4. The van der Waals surface area contributed by atoms with Crippen molar-refractivity contribution in [3.63, 3.8) is 0 Å². The van der Waals surface area contributed by atoms with Crippen molar-refractivity contribution in [3.05, 3.63) is 59.7 Å². The third kappa shape index (κ3) is 3.92. The Bertz CT molecular complexity index is 726. The van der Waals surface area contributed by atoms with E-state index in [-0.39, 0.29) is 17.1 Å². The number of aromatic hydroxyl groups is 1. The van der Waals surface area contributed by atoms with E-state index in [1.807, 2.05) is 0 Å². The smallest absolute Gasteiger partial charge is 0.308 e. The highest BCUT2D eigenvalue weighted by Crippen LogP contribution is 2.18. The third-order valence-electron chi connectivity index (χ3n) is 2.69. The lowest BCUT2D eigenvalue weighted by molar-refractivity contribution is -0.131. The summed E-state index contributed by atoms with van der Waals surface area (Å²) in [7, 11) is 0. The van der Waals surface area contributed by atoms with E-state index >= 15 is 0 Å². The summed E-state index contributed by atoms with van der Waals surface area (Å²) in [5, 5.41) is 13.3. The molecule has 112 valence electrons. The van der Waals surface area contributed by atoms with Crippen LogP contribution in [0.25, 0.3) is 0 Å². The summed E-state index contributed by atoms with van der Waals surface area (Å²) in [6.45, 7) is 1.25. The Morgan fingerprint density at radius 1 is 1.14 bits per heavy atom. The average Bonchev–Trinajstić information content (AvgIpc) is 2.49. The van der Waals surface area contributed by atoms with Gasteiger partial charge in [-0.15, -0.1) is 0 Å². The van der Waals surface area contributed by atoms with Crippen LogP contribution in [-0.4, -0.2) is 23.2 Å². The molecule has 2 N–H and O–H groups in total. The quantitative estimate of drug-likeness (QED) is 0.391. The van der Waals surface area contributed by atoms with Gasteiger partial charge in [0, 0.05) is 12.5 Å². The van der Waals surface area contributed by atoms with Crippen LogP contribution in [-0.2, 0) is 4.79 Å². The zero-order valence-corrected chi connectivity index (χ0v) is 11.8. The summed E-state index contributed by atoms with van der Waals surface area (Å²) in [6.07, 6.45) is 1.32. The fraction of sp³-hybridized carbons (Fsp3) is 0.0625. The molecule has 0 unspecified atom stereocenters. The number of amides is 1. The molecule has 0 aliphatic heterocycles. The van der Waals surface area contributed by atoms with Gasteiger partial charge in [-0.3, -0.25) is 9.59 Å². The molecule has 0 spiro atoms. The predicted molar refractivity (Wildman–Crippen MR) is 80.9 cm³/mol. The lowest BCUT2D eigenvalue weighted by atomic mass is 10.2. The van der Waals surface area contributed by atoms with Gasteiger partial charge in [-0.2, -0.15) is 5.10 Å². The lowest BCUT2D eigenvalue weighted by Crippen LogP contribution is -2.19. The number of benzene rings is 2. The largest absolute Gasteiger partial charge is 0.507 e. The molecule has 0 aliphatic carbocycles. The number of hydrogen-bond acceptors (Lipinski definition) is 5. The Labute approximate surface area is 127 Å². The van der Waals surface area contributed by atoms with Gasteiger partial charge in [0.1, 0.15) is 11.5 Å². The molecule has 0 aromatic heterocycles. The number of phenols is 1. The number of para-hydroxylation sites is 2. The average molecular weight is 298 g/mol. The number of esters is 1. The molecule has 0 atom stereocenters. The number of carbonyl (C=O) groups is 2. The van der Waals surface area contributed by atoms with Crippen LogP contribution in [0.3, 0.4) is 0 Å². The van der Waals surface area contributed by atoms with Gasteiger partial charge >= 0.3 is 5.97 Å². The van der Waals surface area contributed by atoms with Crippen LogP contribution < -0.4 is 10.2 Å². The molecule has 2 aromatic carbocycles. The van der Waals surface area contributed by atoms with Gasteiger partial charge < -0.3 is 9.84 Å². The molecule has 0 aliphatic rings. The first-order valence-corrected chi connectivity index (χ1v) is 6.47. The molecule has 0 heterocycles. The van der Waals surface area contributed by atoms with Gasteiger partial charge in [0.05, 0.1) is 11.8 Å². The standard InChI is InChI=1S/C16H14N2O4/c1-11(19)22-15-9-5-3-7-13(15)16(21)18-17-10-12-6-2-4-8-14(12)20/h2-10,20H,1H3,(H,18,21)/b17-10+. The lowest BCUT2D eigenvalue weighted by Gasteiger charge is -2.07. The van der Waals surface area contributed by atoms with Crippen LogP contribution >= 0.6 is 0 Å². The van der Waals surface area contributed by atoms with Crippen LogP contribution in [0, 0.1) is 0 Å². The molecule has 2 rings (SSSR count). The summed E-state index contributed by atoms with van der Waals surface area (Å²) < 4.78 is 4.96.